The largest absolute Gasteiger partial charge is 0.396 e. The van der Waals surface area contributed by atoms with E-state index in [4.69, 9.17) is 5.11 Å². The van der Waals surface area contributed by atoms with Crippen molar-refractivity contribution in [3.8, 4) is 0 Å². The molecule has 1 rings (SSSR count). The third-order valence-electron chi connectivity index (χ3n) is 1.70. The van der Waals surface area contributed by atoms with Gasteiger partial charge in [0, 0.05) is 12.4 Å². The first-order valence-corrected chi connectivity index (χ1v) is 5.52. The highest BCUT2D eigenvalue weighted by Crippen LogP contribution is 2.15. The van der Waals surface area contributed by atoms with Crippen LogP contribution in [0, 0.1) is 11.6 Å². The van der Waals surface area contributed by atoms with Crippen molar-refractivity contribution in [2.75, 3.05) is 12.4 Å². The van der Waals surface area contributed by atoms with E-state index < -0.39 is 11.6 Å². The average molecular weight is 218 g/mol. The van der Waals surface area contributed by atoms with E-state index in [0.717, 1.165) is 23.8 Å². The summed E-state index contributed by atoms with van der Waals surface area (Å²) in [6.45, 7) is 0.171. The number of hydrogen-bond acceptors (Lipinski definition) is 2. The maximum atomic E-state index is 12.7. The minimum absolute atomic E-state index is 0.171. The Labute approximate surface area is 86.1 Å². The highest BCUT2D eigenvalue weighted by molar-refractivity contribution is 7.98. The van der Waals surface area contributed by atoms with Crippen molar-refractivity contribution in [2.45, 2.75) is 12.2 Å². The van der Waals surface area contributed by atoms with Crippen molar-refractivity contribution in [3.05, 3.63) is 35.4 Å². The first kappa shape index (κ1) is 11.5. The van der Waals surface area contributed by atoms with Crippen LogP contribution in [0.3, 0.4) is 0 Å². The van der Waals surface area contributed by atoms with Crippen LogP contribution in [0.15, 0.2) is 18.2 Å². The summed E-state index contributed by atoms with van der Waals surface area (Å²) in [5.41, 5.74) is 0.770. The average Bonchev–Trinajstić information content (AvgIpc) is 2.18. The fourth-order valence-electron chi connectivity index (χ4n) is 0.986. The zero-order chi connectivity index (χ0) is 10.4. The van der Waals surface area contributed by atoms with E-state index in [1.165, 1.54) is 6.07 Å². The van der Waals surface area contributed by atoms with E-state index in [-0.39, 0.29) is 6.61 Å². The van der Waals surface area contributed by atoms with Gasteiger partial charge in [0.05, 0.1) is 0 Å². The van der Waals surface area contributed by atoms with E-state index in [9.17, 15) is 8.78 Å². The lowest BCUT2D eigenvalue weighted by atomic mass is 10.2. The molecule has 0 unspecified atom stereocenters. The molecule has 14 heavy (non-hydrogen) atoms. The molecule has 4 heteroatoms. The van der Waals surface area contributed by atoms with E-state index >= 15 is 0 Å². The number of hydrogen-bond donors (Lipinski definition) is 1. The molecule has 0 atom stereocenters. The maximum Gasteiger partial charge on any atom is 0.159 e. The van der Waals surface area contributed by atoms with Gasteiger partial charge in [0.15, 0.2) is 11.6 Å². The summed E-state index contributed by atoms with van der Waals surface area (Å²) in [4.78, 5) is 0. The molecular formula is C10H12F2OS. The standard InChI is InChI=1S/C10H12F2OS/c11-9-3-2-8(6-10(9)12)7-14-5-1-4-13/h2-3,6,13H,1,4-5,7H2. The molecular weight excluding hydrogens is 206 g/mol. The van der Waals surface area contributed by atoms with Crippen LogP contribution in [0.1, 0.15) is 12.0 Å². The van der Waals surface area contributed by atoms with E-state index in [2.05, 4.69) is 0 Å². The van der Waals surface area contributed by atoms with Gasteiger partial charge in [0.1, 0.15) is 0 Å². The molecule has 78 valence electrons. The minimum Gasteiger partial charge on any atom is -0.396 e. The lowest BCUT2D eigenvalue weighted by Crippen LogP contribution is -1.90. The van der Waals surface area contributed by atoms with E-state index in [1.807, 2.05) is 0 Å². The van der Waals surface area contributed by atoms with Crippen LogP contribution < -0.4 is 0 Å². The van der Waals surface area contributed by atoms with Crippen LogP contribution in [0.25, 0.3) is 0 Å². The molecule has 0 aliphatic carbocycles. The summed E-state index contributed by atoms with van der Waals surface area (Å²) < 4.78 is 25.3. The zero-order valence-corrected chi connectivity index (χ0v) is 8.49. The van der Waals surface area contributed by atoms with Gasteiger partial charge < -0.3 is 5.11 Å². The Balaban J connectivity index is 2.39. The molecule has 0 bridgehead atoms. The summed E-state index contributed by atoms with van der Waals surface area (Å²) in [7, 11) is 0. The van der Waals surface area contributed by atoms with Crippen molar-refractivity contribution in [2.24, 2.45) is 0 Å². The Bertz CT molecular complexity index is 291. The van der Waals surface area contributed by atoms with Gasteiger partial charge in [-0.15, -0.1) is 0 Å². The van der Waals surface area contributed by atoms with Gasteiger partial charge in [-0.25, -0.2) is 8.78 Å². The van der Waals surface area contributed by atoms with Crippen LogP contribution in [-0.4, -0.2) is 17.5 Å². The minimum atomic E-state index is -0.811. The molecule has 1 N–H and O–H groups in total. The Hall–Kier alpha value is -0.610. The molecule has 1 nitrogen and oxygen atoms in total. The van der Waals surface area contributed by atoms with E-state index in [0.29, 0.717) is 5.75 Å². The molecule has 0 aromatic heterocycles. The predicted octanol–water partition coefficient (Wildman–Crippen LogP) is 2.58. The molecule has 1 aromatic rings. The third kappa shape index (κ3) is 3.64. The Kier molecular flexibility index (Phi) is 4.90. The molecule has 0 aliphatic rings. The van der Waals surface area contributed by atoms with Crippen molar-refractivity contribution in [3.63, 3.8) is 0 Å². The second-order valence-corrected chi connectivity index (χ2v) is 3.98. The molecule has 1 aromatic carbocycles. The normalized spacial score (nSPS) is 10.5. The van der Waals surface area contributed by atoms with Crippen LogP contribution in [-0.2, 0) is 5.75 Å². The number of halogens is 2. The summed E-state index contributed by atoms with van der Waals surface area (Å²) in [5, 5.41) is 8.52. The number of benzene rings is 1. The Morgan fingerprint density at radius 2 is 2.00 bits per heavy atom. The third-order valence-corrected chi connectivity index (χ3v) is 2.81. The summed E-state index contributed by atoms with van der Waals surface area (Å²) in [6.07, 6.45) is 0.730. The number of aliphatic hydroxyl groups excluding tert-OH is 1. The van der Waals surface area contributed by atoms with Gasteiger partial charge >= 0.3 is 0 Å². The highest BCUT2D eigenvalue weighted by atomic mass is 32.2. The Morgan fingerprint density at radius 1 is 1.21 bits per heavy atom. The van der Waals surface area contributed by atoms with Gasteiger partial charge in [-0.05, 0) is 29.9 Å². The maximum absolute atomic E-state index is 12.7. The first-order valence-electron chi connectivity index (χ1n) is 4.36. The van der Waals surface area contributed by atoms with Gasteiger partial charge in [0.2, 0.25) is 0 Å². The molecule has 0 aliphatic heterocycles. The van der Waals surface area contributed by atoms with Gasteiger partial charge in [-0.2, -0.15) is 11.8 Å². The van der Waals surface area contributed by atoms with Crippen molar-refractivity contribution >= 4 is 11.8 Å². The zero-order valence-electron chi connectivity index (χ0n) is 7.67. The van der Waals surface area contributed by atoms with Crippen LogP contribution in [0.4, 0.5) is 8.78 Å². The second-order valence-electron chi connectivity index (χ2n) is 2.88. The molecule has 0 saturated heterocycles. The van der Waals surface area contributed by atoms with Crippen LogP contribution >= 0.6 is 11.8 Å². The SMILES string of the molecule is OCCCSCc1ccc(F)c(F)c1. The van der Waals surface area contributed by atoms with Crippen LogP contribution in [0.5, 0.6) is 0 Å². The van der Waals surface area contributed by atoms with Gasteiger partial charge in [0.25, 0.3) is 0 Å². The molecule has 0 amide bonds. The molecule has 0 fully saturated rings. The molecule has 0 saturated carbocycles. The molecule has 0 heterocycles. The van der Waals surface area contributed by atoms with Crippen molar-refractivity contribution in [1.29, 1.82) is 0 Å². The smallest absolute Gasteiger partial charge is 0.159 e. The number of thioether (sulfide) groups is 1. The quantitative estimate of drug-likeness (QED) is 0.766. The summed E-state index contributed by atoms with van der Waals surface area (Å²) in [5.74, 6) is -0.133. The van der Waals surface area contributed by atoms with Gasteiger partial charge in [-0.3, -0.25) is 0 Å². The second kappa shape index (κ2) is 5.98. The van der Waals surface area contributed by atoms with Crippen molar-refractivity contribution in [1.82, 2.24) is 0 Å². The fourth-order valence-corrected chi connectivity index (χ4v) is 1.88. The van der Waals surface area contributed by atoms with Crippen molar-refractivity contribution < 1.29 is 13.9 Å². The van der Waals surface area contributed by atoms with E-state index in [1.54, 1.807) is 17.8 Å². The fraction of sp³-hybridized carbons (Fsp3) is 0.400. The van der Waals surface area contributed by atoms with Gasteiger partial charge in [-0.1, -0.05) is 6.07 Å². The lowest BCUT2D eigenvalue weighted by molar-refractivity contribution is 0.296. The molecule has 0 spiro atoms. The summed E-state index contributed by atoms with van der Waals surface area (Å²) >= 11 is 1.60. The summed E-state index contributed by atoms with van der Waals surface area (Å²) in [6, 6.07) is 3.92. The van der Waals surface area contributed by atoms with Crippen LogP contribution in [0.2, 0.25) is 0 Å². The predicted molar refractivity (Wildman–Crippen MR) is 54.2 cm³/mol. The topological polar surface area (TPSA) is 20.2 Å². The number of aliphatic hydroxyl groups is 1. The monoisotopic (exact) mass is 218 g/mol. The number of rotatable bonds is 5. The Morgan fingerprint density at radius 3 is 2.64 bits per heavy atom. The molecule has 0 radical (unpaired) electrons. The lowest BCUT2D eigenvalue weighted by Gasteiger charge is -2.01. The highest BCUT2D eigenvalue weighted by Gasteiger charge is 2.01. The first-order chi connectivity index (χ1) is 6.74.